The molecule has 6 heteroatoms. The number of hydrogen-bond acceptors (Lipinski definition) is 1. The van der Waals surface area contributed by atoms with Crippen LogP contribution in [0.2, 0.25) is 5.02 Å². The van der Waals surface area contributed by atoms with E-state index in [-0.39, 0.29) is 4.90 Å². The van der Waals surface area contributed by atoms with Gasteiger partial charge >= 0.3 is 5.51 Å². The Labute approximate surface area is 87.2 Å². The second-order valence-electron chi connectivity index (χ2n) is 2.61. The molecule has 1 rings (SSSR count). The molecule has 0 nitrogen and oxygen atoms in total. The van der Waals surface area contributed by atoms with Gasteiger partial charge in [0.15, 0.2) is 0 Å². The van der Waals surface area contributed by atoms with Crippen molar-refractivity contribution in [1.29, 1.82) is 0 Å². The van der Waals surface area contributed by atoms with Crippen LogP contribution in [0.25, 0.3) is 0 Å². The van der Waals surface area contributed by atoms with E-state index in [2.05, 4.69) is 0 Å². The summed E-state index contributed by atoms with van der Waals surface area (Å²) in [5.74, 6) is -0.835. The van der Waals surface area contributed by atoms with Gasteiger partial charge < -0.3 is 0 Å². The highest BCUT2D eigenvalue weighted by atomic mass is 35.5. The van der Waals surface area contributed by atoms with Gasteiger partial charge in [-0.3, -0.25) is 0 Å². The molecule has 0 bridgehead atoms. The minimum atomic E-state index is -4.45. The average molecular weight is 245 g/mol. The summed E-state index contributed by atoms with van der Waals surface area (Å²) >= 11 is 4.96. The van der Waals surface area contributed by atoms with Crippen LogP contribution in [0.5, 0.6) is 0 Å². The fourth-order valence-electron chi connectivity index (χ4n) is 0.892. The van der Waals surface area contributed by atoms with Crippen LogP contribution >= 0.6 is 23.4 Å². The molecule has 14 heavy (non-hydrogen) atoms. The van der Waals surface area contributed by atoms with Crippen molar-refractivity contribution < 1.29 is 17.6 Å². The van der Waals surface area contributed by atoms with Gasteiger partial charge in [-0.05, 0) is 36.4 Å². The summed E-state index contributed by atoms with van der Waals surface area (Å²) in [5, 5.41) is -0.488. The smallest absolute Gasteiger partial charge is 0.205 e. The van der Waals surface area contributed by atoms with E-state index in [1.807, 2.05) is 0 Å². The molecular formula is C8H5ClF4S. The van der Waals surface area contributed by atoms with Crippen molar-refractivity contribution in [3.05, 3.63) is 28.5 Å². The number of benzene rings is 1. The third-order valence-electron chi connectivity index (χ3n) is 1.36. The number of aryl methyl sites for hydroxylation is 1. The fourth-order valence-corrected chi connectivity index (χ4v) is 1.80. The summed E-state index contributed by atoms with van der Waals surface area (Å²) in [7, 11) is 0. The van der Waals surface area contributed by atoms with E-state index in [0.29, 0.717) is 5.56 Å². The first-order valence-electron chi connectivity index (χ1n) is 3.51. The van der Waals surface area contributed by atoms with Gasteiger partial charge in [-0.1, -0.05) is 11.6 Å². The zero-order chi connectivity index (χ0) is 10.9. The molecule has 0 amide bonds. The number of halogens is 5. The Kier molecular flexibility index (Phi) is 3.32. The highest BCUT2D eigenvalue weighted by molar-refractivity contribution is 8.00. The molecule has 0 saturated carbocycles. The summed E-state index contributed by atoms with van der Waals surface area (Å²) in [4.78, 5) is -0.309. The van der Waals surface area contributed by atoms with Gasteiger partial charge in [0, 0.05) is 4.90 Å². The minimum Gasteiger partial charge on any atom is -0.205 e. The SMILES string of the molecule is Cc1cc(F)c(Cl)c(SC(F)(F)F)c1. The van der Waals surface area contributed by atoms with Gasteiger partial charge in [-0.25, -0.2) is 4.39 Å². The molecule has 78 valence electrons. The standard InChI is InChI=1S/C8H5ClF4S/c1-4-2-5(10)7(9)6(3-4)14-8(11,12)13/h2-3H,1H3. The maximum Gasteiger partial charge on any atom is 0.446 e. The highest BCUT2D eigenvalue weighted by Crippen LogP contribution is 2.41. The highest BCUT2D eigenvalue weighted by Gasteiger charge is 2.31. The first-order valence-corrected chi connectivity index (χ1v) is 4.70. The average Bonchev–Trinajstić information content (AvgIpc) is 1.96. The first kappa shape index (κ1) is 11.7. The topological polar surface area (TPSA) is 0 Å². The quantitative estimate of drug-likeness (QED) is 0.521. The molecule has 0 aliphatic carbocycles. The number of thioether (sulfide) groups is 1. The van der Waals surface area contributed by atoms with Crippen LogP contribution in [0.1, 0.15) is 5.56 Å². The Morgan fingerprint density at radius 3 is 2.36 bits per heavy atom. The van der Waals surface area contributed by atoms with Crippen molar-refractivity contribution in [2.24, 2.45) is 0 Å². The van der Waals surface area contributed by atoms with E-state index in [1.165, 1.54) is 13.0 Å². The minimum absolute atomic E-state index is 0.309. The number of rotatable bonds is 1. The van der Waals surface area contributed by atoms with Crippen molar-refractivity contribution in [2.45, 2.75) is 17.3 Å². The molecule has 0 heterocycles. The van der Waals surface area contributed by atoms with Crippen LogP contribution < -0.4 is 0 Å². The molecule has 0 N–H and O–H groups in total. The Morgan fingerprint density at radius 2 is 1.86 bits per heavy atom. The number of alkyl halides is 3. The molecule has 0 atom stereocenters. The van der Waals surface area contributed by atoms with E-state index in [4.69, 9.17) is 11.6 Å². The van der Waals surface area contributed by atoms with Gasteiger partial charge in [0.1, 0.15) is 5.82 Å². The molecule has 1 aromatic rings. The molecule has 0 spiro atoms. The molecular weight excluding hydrogens is 240 g/mol. The Bertz CT molecular complexity index is 348. The lowest BCUT2D eigenvalue weighted by atomic mass is 10.2. The second-order valence-corrected chi connectivity index (χ2v) is 4.09. The van der Waals surface area contributed by atoms with Crippen LogP contribution in [0, 0.1) is 12.7 Å². The lowest BCUT2D eigenvalue weighted by molar-refractivity contribution is -0.0328. The Morgan fingerprint density at radius 1 is 1.29 bits per heavy atom. The van der Waals surface area contributed by atoms with Crippen LogP contribution in [-0.4, -0.2) is 5.51 Å². The fraction of sp³-hybridized carbons (Fsp3) is 0.250. The zero-order valence-corrected chi connectivity index (χ0v) is 8.53. The predicted octanol–water partition coefficient (Wildman–Crippen LogP) is 4.40. The summed E-state index contributed by atoms with van der Waals surface area (Å²) in [6.07, 6.45) is 0. The van der Waals surface area contributed by atoms with E-state index >= 15 is 0 Å². The summed E-state index contributed by atoms with van der Waals surface area (Å²) in [5.41, 5.74) is -4.05. The normalized spacial score (nSPS) is 11.9. The summed E-state index contributed by atoms with van der Waals surface area (Å²) < 4.78 is 48.8. The van der Waals surface area contributed by atoms with Crippen LogP contribution in [0.15, 0.2) is 17.0 Å². The first-order chi connectivity index (χ1) is 6.29. The van der Waals surface area contributed by atoms with Gasteiger partial charge in [0.2, 0.25) is 0 Å². The van der Waals surface area contributed by atoms with E-state index in [1.54, 1.807) is 0 Å². The lowest BCUT2D eigenvalue weighted by Crippen LogP contribution is -2.00. The molecule has 0 saturated heterocycles. The lowest BCUT2D eigenvalue weighted by Gasteiger charge is -2.08. The van der Waals surface area contributed by atoms with Crippen LogP contribution in [-0.2, 0) is 0 Å². The predicted molar refractivity (Wildman–Crippen MR) is 48.1 cm³/mol. The van der Waals surface area contributed by atoms with Crippen molar-refractivity contribution in [3.63, 3.8) is 0 Å². The molecule has 0 aliphatic rings. The van der Waals surface area contributed by atoms with E-state index < -0.39 is 28.1 Å². The largest absolute Gasteiger partial charge is 0.446 e. The molecule has 1 aromatic carbocycles. The zero-order valence-electron chi connectivity index (χ0n) is 6.95. The maximum absolute atomic E-state index is 12.9. The van der Waals surface area contributed by atoms with Crippen LogP contribution in [0.3, 0.4) is 0 Å². The molecule has 0 fully saturated rings. The third kappa shape index (κ3) is 3.06. The molecule has 0 unspecified atom stereocenters. The van der Waals surface area contributed by atoms with E-state index in [0.717, 1.165) is 6.07 Å². The van der Waals surface area contributed by atoms with Gasteiger partial charge in [-0.2, -0.15) is 13.2 Å². The van der Waals surface area contributed by atoms with E-state index in [9.17, 15) is 17.6 Å². The molecule has 0 aromatic heterocycles. The van der Waals surface area contributed by atoms with Crippen molar-refractivity contribution in [2.75, 3.05) is 0 Å². The summed E-state index contributed by atoms with van der Waals surface area (Å²) in [6, 6.07) is 2.28. The van der Waals surface area contributed by atoms with Gasteiger partial charge in [-0.15, -0.1) is 0 Å². The Balaban J connectivity index is 3.09. The molecule has 0 aliphatic heterocycles. The van der Waals surface area contributed by atoms with Crippen molar-refractivity contribution in [1.82, 2.24) is 0 Å². The van der Waals surface area contributed by atoms with Crippen molar-refractivity contribution in [3.8, 4) is 0 Å². The molecule has 0 radical (unpaired) electrons. The van der Waals surface area contributed by atoms with Gasteiger partial charge in [0.05, 0.1) is 5.02 Å². The second kappa shape index (κ2) is 3.98. The maximum atomic E-state index is 12.9. The Hall–Kier alpha value is -0.420. The van der Waals surface area contributed by atoms with Gasteiger partial charge in [0.25, 0.3) is 0 Å². The monoisotopic (exact) mass is 244 g/mol. The third-order valence-corrected chi connectivity index (χ3v) is 2.63. The van der Waals surface area contributed by atoms with Crippen molar-refractivity contribution >= 4 is 23.4 Å². The number of hydrogen-bond donors (Lipinski definition) is 0. The van der Waals surface area contributed by atoms with Crippen LogP contribution in [0.4, 0.5) is 17.6 Å². The summed E-state index contributed by atoms with van der Waals surface area (Å²) in [6.45, 7) is 1.50.